The normalized spacial score (nSPS) is 17.5. The number of aromatic nitrogens is 4. The first-order valence-corrected chi connectivity index (χ1v) is 6.09. The summed E-state index contributed by atoms with van der Waals surface area (Å²) in [4.78, 5) is 4.14. The maximum Gasteiger partial charge on any atom is 0.0995 e. The van der Waals surface area contributed by atoms with E-state index in [2.05, 4.69) is 37.8 Å². The molecular weight excluding hydrogens is 214 g/mol. The molecule has 17 heavy (non-hydrogen) atoms. The zero-order chi connectivity index (χ0) is 11.7. The zero-order valence-corrected chi connectivity index (χ0v) is 10.0. The average Bonchev–Trinajstić information content (AvgIpc) is 2.98. The highest BCUT2D eigenvalue weighted by Crippen LogP contribution is 2.19. The molecule has 0 bridgehead atoms. The third-order valence-electron chi connectivity index (χ3n) is 3.37. The van der Waals surface area contributed by atoms with E-state index in [0.717, 1.165) is 37.3 Å². The van der Waals surface area contributed by atoms with Gasteiger partial charge in [-0.25, -0.2) is 4.98 Å². The second kappa shape index (κ2) is 4.33. The fraction of sp³-hybridized carbons (Fsp3) is 0.500. The van der Waals surface area contributed by atoms with Crippen LogP contribution >= 0.6 is 0 Å². The van der Waals surface area contributed by atoms with Gasteiger partial charge in [-0.1, -0.05) is 0 Å². The van der Waals surface area contributed by atoms with Crippen molar-refractivity contribution in [1.82, 2.24) is 24.6 Å². The number of rotatable bonds is 2. The number of imidazole rings is 1. The number of piperidine rings is 1. The van der Waals surface area contributed by atoms with Crippen molar-refractivity contribution in [1.29, 1.82) is 0 Å². The van der Waals surface area contributed by atoms with E-state index in [-0.39, 0.29) is 0 Å². The Morgan fingerprint density at radius 1 is 1.29 bits per heavy atom. The van der Waals surface area contributed by atoms with Crippen LogP contribution in [0.25, 0.3) is 5.69 Å². The van der Waals surface area contributed by atoms with Crippen molar-refractivity contribution in [3.8, 4) is 5.69 Å². The SMILES string of the molecule is Cc1cncn1-c1cnn(C2CCNCC2)c1. The number of hydrogen-bond donors (Lipinski definition) is 1. The van der Waals surface area contributed by atoms with E-state index in [1.54, 1.807) is 0 Å². The van der Waals surface area contributed by atoms with Crippen molar-refractivity contribution in [2.24, 2.45) is 0 Å². The van der Waals surface area contributed by atoms with Crippen molar-refractivity contribution in [3.63, 3.8) is 0 Å². The summed E-state index contributed by atoms with van der Waals surface area (Å²) in [6.07, 6.45) is 10.0. The molecule has 5 heteroatoms. The van der Waals surface area contributed by atoms with E-state index in [9.17, 15) is 0 Å². The van der Waals surface area contributed by atoms with Gasteiger partial charge in [0.1, 0.15) is 0 Å². The molecule has 1 aliphatic rings. The molecule has 0 amide bonds. The largest absolute Gasteiger partial charge is 0.317 e. The molecule has 0 radical (unpaired) electrons. The van der Waals surface area contributed by atoms with Crippen LogP contribution < -0.4 is 5.32 Å². The van der Waals surface area contributed by atoms with Crippen LogP contribution in [0.3, 0.4) is 0 Å². The fourth-order valence-electron chi connectivity index (χ4n) is 2.35. The Balaban J connectivity index is 1.85. The molecule has 0 spiro atoms. The summed E-state index contributed by atoms with van der Waals surface area (Å²) < 4.78 is 4.15. The van der Waals surface area contributed by atoms with Crippen molar-refractivity contribution < 1.29 is 0 Å². The minimum atomic E-state index is 0.536. The van der Waals surface area contributed by atoms with Crippen LogP contribution in [-0.2, 0) is 0 Å². The van der Waals surface area contributed by atoms with Gasteiger partial charge in [0.15, 0.2) is 0 Å². The Bertz CT molecular complexity index is 492. The van der Waals surface area contributed by atoms with Gasteiger partial charge in [0.05, 0.1) is 24.3 Å². The molecule has 1 aliphatic heterocycles. The van der Waals surface area contributed by atoms with Crippen molar-refractivity contribution in [2.45, 2.75) is 25.8 Å². The van der Waals surface area contributed by atoms with Gasteiger partial charge in [0.2, 0.25) is 0 Å². The van der Waals surface area contributed by atoms with Crippen LogP contribution in [0.15, 0.2) is 24.9 Å². The average molecular weight is 231 g/mol. The molecule has 1 N–H and O–H groups in total. The fourth-order valence-corrected chi connectivity index (χ4v) is 2.35. The molecule has 3 heterocycles. The molecule has 1 fully saturated rings. The third-order valence-corrected chi connectivity index (χ3v) is 3.37. The highest BCUT2D eigenvalue weighted by Gasteiger charge is 2.16. The molecule has 1 saturated heterocycles. The molecular formula is C12H17N5. The molecule has 0 saturated carbocycles. The van der Waals surface area contributed by atoms with E-state index in [4.69, 9.17) is 0 Å². The van der Waals surface area contributed by atoms with E-state index < -0.39 is 0 Å². The van der Waals surface area contributed by atoms with Crippen molar-refractivity contribution in [3.05, 3.63) is 30.6 Å². The van der Waals surface area contributed by atoms with E-state index in [1.807, 2.05) is 18.7 Å². The van der Waals surface area contributed by atoms with Crippen LogP contribution in [0.4, 0.5) is 0 Å². The summed E-state index contributed by atoms with van der Waals surface area (Å²) in [5.74, 6) is 0. The first-order valence-electron chi connectivity index (χ1n) is 6.09. The number of nitrogens with one attached hydrogen (secondary N) is 1. The highest BCUT2D eigenvalue weighted by atomic mass is 15.3. The lowest BCUT2D eigenvalue weighted by Crippen LogP contribution is -2.29. The lowest BCUT2D eigenvalue weighted by atomic mass is 10.1. The molecule has 2 aromatic heterocycles. The van der Waals surface area contributed by atoms with E-state index in [0.29, 0.717) is 6.04 Å². The highest BCUT2D eigenvalue weighted by molar-refractivity contribution is 5.28. The van der Waals surface area contributed by atoms with Crippen molar-refractivity contribution in [2.75, 3.05) is 13.1 Å². The molecule has 0 atom stereocenters. The predicted molar refractivity (Wildman–Crippen MR) is 65.2 cm³/mol. The maximum absolute atomic E-state index is 4.48. The van der Waals surface area contributed by atoms with Gasteiger partial charge in [-0.15, -0.1) is 0 Å². The summed E-state index contributed by atoms with van der Waals surface area (Å²) in [7, 11) is 0. The minimum absolute atomic E-state index is 0.536. The van der Waals surface area contributed by atoms with Gasteiger partial charge < -0.3 is 9.88 Å². The third kappa shape index (κ3) is 1.98. The molecule has 5 nitrogen and oxygen atoms in total. The van der Waals surface area contributed by atoms with Gasteiger partial charge in [-0.3, -0.25) is 4.68 Å². The van der Waals surface area contributed by atoms with Crippen LogP contribution in [0.2, 0.25) is 0 Å². The number of aryl methyl sites for hydroxylation is 1. The smallest absolute Gasteiger partial charge is 0.0995 e. The standard InChI is InChI=1S/C12H17N5/c1-10-6-14-9-16(10)12-7-15-17(8-12)11-2-4-13-5-3-11/h6-9,11,13H,2-5H2,1H3. The molecule has 90 valence electrons. The van der Waals surface area contributed by atoms with Gasteiger partial charge >= 0.3 is 0 Å². The molecule has 0 unspecified atom stereocenters. The van der Waals surface area contributed by atoms with Crippen LogP contribution in [0.1, 0.15) is 24.6 Å². The van der Waals surface area contributed by atoms with Crippen LogP contribution in [0.5, 0.6) is 0 Å². The van der Waals surface area contributed by atoms with Crippen LogP contribution in [0, 0.1) is 6.92 Å². The Labute approximate surface area is 100 Å². The van der Waals surface area contributed by atoms with Gasteiger partial charge in [-0.2, -0.15) is 5.10 Å². The Hall–Kier alpha value is -1.62. The number of hydrogen-bond acceptors (Lipinski definition) is 3. The summed E-state index contributed by atoms with van der Waals surface area (Å²) in [6.45, 7) is 4.22. The van der Waals surface area contributed by atoms with E-state index >= 15 is 0 Å². The predicted octanol–water partition coefficient (Wildman–Crippen LogP) is 1.30. The lowest BCUT2D eigenvalue weighted by molar-refractivity contribution is 0.343. The maximum atomic E-state index is 4.48. The second-order valence-electron chi connectivity index (χ2n) is 4.56. The molecule has 3 rings (SSSR count). The minimum Gasteiger partial charge on any atom is -0.317 e. The Kier molecular flexibility index (Phi) is 2.68. The number of nitrogens with zero attached hydrogens (tertiary/aromatic N) is 4. The first-order chi connectivity index (χ1) is 8.34. The first kappa shape index (κ1) is 10.5. The van der Waals surface area contributed by atoms with Crippen molar-refractivity contribution >= 4 is 0 Å². The zero-order valence-electron chi connectivity index (χ0n) is 10.0. The summed E-state index contributed by atoms with van der Waals surface area (Å²) in [5.41, 5.74) is 2.23. The summed E-state index contributed by atoms with van der Waals surface area (Å²) in [5, 5.41) is 7.85. The summed E-state index contributed by atoms with van der Waals surface area (Å²) >= 11 is 0. The second-order valence-corrected chi connectivity index (χ2v) is 4.56. The lowest BCUT2D eigenvalue weighted by Gasteiger charge is -2.22. The van der Waals surface area contributed by atoms with Crippen LogP contribution in [-0.4, -0.2) is 32.4 Å². The molecule has 0 aliphatic carbocycles. The Morgan fingerprint density at radius 3 is 2.82 bits per heavy atom. The monoisotopic (exact) mass is 231 g/mol. The van der Waals surface area contributed by atoms with E-state index in [1.165, 1.54) is 0 Å². The van der Waals surface area contributed by atoms with Gasteiger partial charge in [0.25, 0.3) is 0 Å². The van der Waals surface area contributed by atoms with Gasteiger partial charge in [-0.05, 0) is 32.9 Å². The summed E-state index contributed by atoms with van der Waals surface area (Å²) in [6, 6.07) is 0.536. The Morgan fingerprint density at radius 2 is 2.12 bits per heavy atom. The molecule has 0 aromatic carbocycles. The molecule has 2 aromatic rings. The van der Waals surface area contributed by atoms with Gasteiger partial charge in [0, 0.05) is 18.1 Å². The quantitative estimate of drug-likeness (QED) is 0.847. The topological polar surface area (TPSA) is 47.7 Å².